The molecule has 2 bridgehead atoms. The molecular formula is C10H12N2O4. The molecule has 1 heterocycles. The molecule has 0 radical (unpaired) electrons. The van der Waals surface area contributed by atoms with Gasteiger partial charge in [-0.2, -0.15) is 0 Å². The van der Waals surface area contributed by atoms with Crippen molar-refractivity contribution in [3.05, 3.63) is 0 Å². The first-order valence-corrected chi connectivity index (χ1v) is 5.38. The molecule has 2 saturated carbocycles. The molecule has 0 aromatic heterocycles. The van der Waals surface area contributed by atoms with Crippen molar-refractivity contribution in [1.82, 2.24) is 5.32 Å². The molecule has 16 heavy (non-hydrogen) atoms. The van der Waals surface area contributed by atoms with Crippen LogP contribution in [0.2, 0.25) is 0 Å². The number of urea groups is 1. The molecule has 0 aromatic rings. The van der Waals surface area contributed by atoms with Crippen molar-refractivity contribution in [3.8, 4) is 0 Å². The van der Waals surface area contributed by atoms with Crippen LogP contribution in [0.1, 0.15) is 12.8 Å². The molecule has 3 rings (SSSR count). The Hall–Kier alpha value is -1.59. The van der Waals surface area contributed by atoms with Crippen molar-refractivity contribution in [2.24, 2.45) is 29.4 Å². The third-order valence-corrected chi connectivity index (χ3v) is 4.03. The molecule has 6 heteroatoms. The highest BCUT2D eigenvalue weighted by atomic mass is 16.6. The van der Waals surface area contributed by atoms with Crippen molar-refractivity contribution >= 4 is 17.9 Å². The van der Waals surface area contributed by atoms with Gasteiger partial charge in [0.1, 0.15) is 6.10 Å². The number of hydrogen-bond acceptors (Lipinski definition) is 4. The Labute approximate surface area is 91.5 Å². The van der Waals surface area contributed by atoms with Crippen LogP contribution in [0.25, 0.3) is 0 Å². The molecule has 6 nitrogen and oxygen atoms in total. The number of hydrogen-bond donors (Lipinski definition) is 2. The third kappa shape index (κ3) is 1.10. The van der Waals surface area contributed by atoms with Crippen LogP contribution in [0, 0.1) is 23.7 Å². The number of ether oxygens (including phenoxy) is 1. The van der Waals surface area contributed by atoms with Crippen molar-refractivity contribution in [2.45, 2.75) is 18.9 Å². The van der Waals surface area contributed by atoms with Crippen LogP contribution in [-0.4, -0.2) is 24.0 Å². The van der Waals surface area contributed by atoms with E-state index in [0.29, 0.717) is 0 Å². The predicted octanol–water partition coefficient (Wildman–Crippen LogP) is -0.621. The van der Waals surface area contributed by atoms with Crippen LogP contribution in [0.15, 0.2) is 0 Å². The number of primary amides is 1. The van der Waals surface area contributed by atoms with E-state index < -0.39 is 17.9 Å². The summed E-state index contributed by atoms with van der Waals surface area (Å²) in [5, 5.41) is 2.07. The Morgan fingerprint density at radius 2 is 2.12 bits per heavy atom. The number of rotatable bonds is 1. The van der Waals surface area contributed by atoms with Gasteiger partial charge in [-0.3, -0.25) is 14.9 Å². The van der Waals surface area contributed by atoms with E-state index in [1.807, 2.05) is 0 Å². The fraction of sp³-hybridized carbons (Fsp3) is 0.700. The molecule has 5 atom stereocenters. The van der Waals surface area contributed by atoms with Gasteiger partial charge in [0.2, 0.25) is 5.91 Å². The summed E-state index contributed by atoms with van der Waals surface area (Å²) in [5.41, 5.74) is 4.90. The van der Waals surface area contributed by atoms with Gasteiger partial charge in [0.05, 0.1) is 11.8 Å². The highest BCUT2D eigenvalue weighted by Gasteiger charge is 2.63. The van der Waals surface area contributed by atoms with Gasteiger partial charge in [0, 0.05) is 5.92 Å². The molecule has 3 amide bonds. The lowest BCUT2D eigenvalue weighted by Crippen LogP contribution is -2.44. The number of nitrogens with two attached hydrogens (primary N) is 1. The molecule has 2 aliphatic carbocycles. The average Bonchev–Trinajstić information content (AvgIpc) is 2.75. The Balaban J connectivity index is 1.84. The lowest BCUT2D eigenvalue weighted by atomic mass is 9.79. The lowest BCUT2D eigenvalue weighted by molar-refractivity contribution is -0.145. The molecule has 0 unspecified atom stereocenters. The molecule has 3 aliphatic rings. The number of nitrogens with one attached hydrogen (secondary N) is 1. The van der Waals surface area contributed by atoms with Crippen molar-refractivity contribution in [1.29, 1.82) is 0 Å². The third-order valence-electron chi connectivity index (χ3n) is 4.03. The normalized spacial score (nSPS) is 43.2. The van der Waals surface area contributed by atoms with Gasteiger partial charge in [-0.05, 0) is 18.8 Å². The van der Waals surface area contributed by atoms with E-state index in [0.717, 1.165) is 12.8 Å². The summed E-state index contributed by atoms with van der Waals surface area (Å²) in [6.45, 7) is 0. The number of carbonyl (C=O) groups is 3. The van der Waals surface area contributed by atoms with Crippen molar-refractivity contribution in [2.75, 3.05) is 0 Å². The van der Waals surface area contributed by atoms with E-state index >= 15 is 0 Å². The highest BCUT2D eigenvalue weighted by molar-refractivity contribution is 5.97. The van der Waals surface area contributed by atoms with Gasteiger partial charge < -0.3 is 10.5 Å². The largest absolute Gasteiger partial charge is 0.462 e. The smallest absolute Gasteiger partial charge is 0.318 e. The second-order valence-electron chi connectivity index (χ2n) is 4.78. The van der Waals surface area contributed by atoms with Crippen LogP contribution in [0.4, 0.5) is 4.79 Å². The van der Waals surface area contributed by atoms with Crippen LogP contribution >= 0.6 is 0 Å². The zero-order chi connectivity index (χ0) is 11.4. The second kappa shape index (κ2) is 2.96. The van der Waals surface area contributed by atoms with E-state index in [1.165, 1.54) is 0 Å². The molecule has 0 spiro atoms. The topological polar surface area (TPSA) is 98.5 Å². The zero-order valence-electron chi connectivity index (χ0n) is 8.51. The SMILES string of the molecule is NC(=O)NC(=O)[C@@H]1[C@H]2C[C@H]3[C@@H]1C(=O)O[C@H]3C2. The monoisotopic (exact) mass is 224 g/mol. The molecule has 0 aromatic carbocycles. The van der Waals surface area contributed by atoms with Crippen LogP contribution < -0.4 is 11.1 Å². The summed E-state index contributed by atoms with van der Waals surface area (Å²) in [7, 11) is 0. The van der Waals surface area contributed by atoms with E-state index in [4.69, 9.17) is 10.5 Å². The minimum atomic E-state index is -0.865. The van der Waals surface area contributed by atoms with Crippen LogP contribution in [-0.2, 0) is 14.3 Å². The number of carbonyl (C=O) groups excluding carboxylic acids is 3. The van der Waals surface area contributed by atoms with Gasteiger partial charge in [-0.15, -0.1) is 0 Å². The van der Waals surface area contributed by atoms with E-state index in [-0.39, 0.29) is 29.8 Å². The molecule has 3 fully saturated rings. The average molecular weight is 224 g/mol. The Kier molecular flexibility index (Phi) is 1.78. The second-order valence-corrected chi connectivity index (χ2v) is 4.78. The Morgan fingerprint density at radius 3 is 2.81 bits per heavy atom. The maximum absolute atomic E-state index is 11.8. The predicted molar refractivity (Wildman–Crippen MR) is 50.8 cm³/mol. The first kappa shape index (κ1) is 9.62. The van der Waals surface area contributed by atoms with Gasteiger partial charge in [-0.1, -0.05) is 0 Å². The summed E-state index contributed by atoms with van der Waals surface area (Å²) in [6.07, 6.45) is 1.59. The molecular weight excluding hydrogens is 212 g/mol. The van der Waals surface area contributed by atoms with Crippen LogP contribution in [0.3, 0.4) is 0 Å². The molecule has 86 valence electrons. The summed E-state index contributed by atoms with van der Waals surface area (Å²) in [6, 6.07) is -0.865. The van der Waals surface area contributed by atoms with Gasteiger partial charge in [0.25, 0.3) is 0 Å². The summed E-state index contributed by atoms with van der Waals surface area (Å²) in [4.78, 5) is 34.0. The van der Waals surface area contributed by atoms with E-state index in [2.05, 4.69) is 5.32 Å². The zero-order valence-corrected chi connectivity index (χ0v) is 8.51. The maximum Gasteiger partial charge on any atom is 0.318 e. The number of fused-ring (bicyclic) bond motifs is 1. The minimum Gasteiger partial charge on any atom is -0.462 e. The Morgan fingerprint density at radius 1 is 1.38 bits per heavy atom. The van der Waals surface area contributed by atoms with Crippen molar-refractivity contribution < 1.29 is 19.1 Å². The Bertz CT molecular complexity index is 392. The first-order chi connectivity index (χ1) is 7.58. The first-order valence-electron chi connectivity index (χ1n) is 5.38. The maximum atomic E-state index is 11.8. The minimum absolute atomic E-state index is 0.000119. The summed E-state index contributed by atoms with van der Waals surface area (Å²) >= 11 is 0. The van der Waals surface area contributed by atoms with E-state index in [1.54, 1.807) is 0 Å². The summed E-state index contributed by atoms with van der Waals surface area (Å²) in [5.74, 6) is -1.18. The standard InChI is InChI=1S/C10H12N2O4/c11-10(15)12-8(13)6-3-1-4-5(2-3)16-9(14)7(4)6/h3-7H,1-2H2,(H3,11,12,13,15)/t3-,4+,5-,6+,7-/m0/s1. The van der Waals surface area contributed by atoms with Crippen molar-refractivity contribution in [3.63, 3.8) is 0 Å². The van der Waals surface area contributed by atoms with Gasteiger partial charge in [-0.25, -0.2) is 4.79 Å². The van der Waals surface area contributed by atoms with Gasteiger partial charge >= 0.3 is 12.0 Å². The fourth-order valence-electron chi connectivity index (χ4n) is 3.57. The quantitative estimate of drug-likeness (QED) is 0.580. The molecule has 3 N–H and O–H groups in total. The van der Waals surface area contributed by atoms with E-state index in [9.17, 15) is 14.4 Å². The number of amides is 3. The molecule has 1 saturated heterocycles. The van der Waals surface area contributed by atoms with Crippen LogP contribution in [0.5, 0.6) is 0 Å². The lowest BCUT2D eigenvalue weighted by Gasteiger charge is -2.22. The fourth-order valence-corrected chi connectivity index (χ4v) is 3.57. The molecule has 1 aliphatic heterocycles. The number of imide groups is 1. The van der Waals surface area contributed by atoms with Gasteiger partial charge in [0.15, 0.2) is 0 Å². The highest BCUT2D eigenvalue weighted by Crippen LogP contribution is 2.57. The summed E-state index contributed by atoms with van der Waals surface area (Å²) < 4.78 is 5.19. The number of esters is 1.